The molecule has 0 aromatic heterocycles. The van der Waals surface area contributed by atoms with Gasteiger partial charge in [0.2, 0.25) is 5.91 Å². The van der Waals surface area contributed by atoms with Crippen molar-refractivity contribution in [2.75, 3.05) is 13.2 Å². The fourth-order valence-corrected chi connectivity index (χ4v) is 13.6. The second-order valence-electron chi connectivity index (χ2n) is 28.9. The molecule has 9 unspecified atom stereocenters. The summed E-state index contributed by atoms with van der Waals surface area (Å²) in [4.78, 5) is 13.3. The van der Waals surface area contributed by atoms with Crippen molar-refractivity contribution in [2.24, 2.45) is 0 Å². The van der Waals surface area contributed by atoms with Crippen molar-refractivity contribution in [2.45, 2.75) is 480 Å². The van der Waals surface area contributed by atoms with Crippen LogP contribution in [0.15, 0.2) is 12.2 Å². The lowest BCUT2D eigenvalue weighted by Gasteiger charge is -2.40. The van der Waals surface area contributed by atoms with Crippen LogP contribution in [0.2, 0.25) is 0 Å². The number of unbranched alkanes of at least 4 members (excludes halogenated alkanes) is 59. The smallest absolute Gasteiger partial charge is 0.249 e. The van der Waals surface area contributed by atoms with Gasteiger partial charge in [0.05, 0.1) is 25.4 Å². The molecule has 0 bridgehead atoms. The molecular weight excluding hydrogens is 1130 g/mol. The predicted octanol–water partition coefficient (Wildman–Crippen LogP) is 20.9. The van der Waals surface area contributed by atoms with Crippen LogP contribution in [0.3, 0.4) is 0 Å². The van der Waals surface area contributed by atoms with E-state index >= 15 is 0 Å². The lowest BCUT2D eigenvalue weighted by molar-refractivity contribution is -0.303. The van der Waals surface area contributed by atoms with Gasteiger partial charge in [0, 0.05) is 0 Å². The molecule has 0 saturated carbocycles. The topological polar surface area (TPSA) is 189 Å². The van der Waals surface area contributed by atoms with E-state index in [1.54, 1.807) is 0 Å². The van der Waals surface area contributed by atoms with Crippen LogP contribution in [-0.4, -0.2) is 110 Å². The Balaban J connectivity index is 2.12. The summed E-state index contributed by atoms with van der Waals surface area (Å²) in [5.74, 6) is -0.687. The zero-order valence-electron chi connectivity index (χ0n) is 60.4. The Morgan fingerprint density at radius 3 is 0.923 bits per heavy atom. The monoisotopic (exact) mass is 1290 g/mol. The summed E-state index contributed by atoms with van der Waals surface area (Å²) in [6.07, 6.45) is 76.2. The Hall–Kier alpha value is -1.15. The van der Waals surface area contributed by atoms with E-state index in [-0.39, 0.29) is 6.42 Å². The fourth-order valence-electron chi connectivity index (χ4n) is 13.6. The third kappa shape index (κ3) is 55.5. The van der Waals surface area contributed by atoms with Crippen molar-refractivity contribution >= 4 is 5.91 Å². The highest BCUT2D eigenvalue weighted by atomic mass is 16.7. The summed E-state index contributed by atoms with van der Waals surface area (Å²) < 4.78 is 11.2. The number of rotatable bonds is 73. The largest absolute Gasteiger partial charge is 0.394 e. The van der Waals surface area contributed by atoms with Gasteiger partial charge in [-0.2, -0.15) is 0 Å². The second kappa shape index (κ2) is 68.8. The van der Waals surface area contributed by atoms with E-state index in [1.807, 2.05) is 0 Å². The molecule has 1 amide bonds. The predicted molar refractivity (Wildman–Crippen MR) is 386 cm³/mol. The number of carbonyl (C=O) groups excluding carboxylic acids is 1. The normalized spacial score (nSPS) is 18.4. The van der Waals surface area contributed by atoms with E-state index in [9.17, 15) is 40.5 Å². The van der Waals surface area contributed by atoms with Gasteiger partial charge in [0.1, 0.15) is 36.6 Å². The maximum Gasteiger partial charge on any atom is 0.249 e. The van der Waals surface area contributed by atoms with E-state index in [0.29, 0.717) is 19.3 Å². The number of hydrogen-bond acceptors (Lipinski definition) is 10. The van der Waals surface area contributed by atoms with Crippen LogP contribution in [0.1, 0.15) is 425 Å². The van der Waals surface area contributed by atoms with Crippen LogP contribution in [-0.2, 0) is 14.3 Å². The minimum atomic E-state index is -1.66. The summed E-state index contributed by atoms with van der Waals surface area (Å²) in [7, 11) is 0. The molecule has 542 valence electrons. The molecule has 0 aromatic carbocycles. The molecule has 0 aliphatic carbocycles. The van der Waals surface area contributed by atoms with Gasteiger partial charge in [-0.05, 0) is 38.5 Å². The molecule has 0 radical (unpaired) electrons. The number of allylic oxidation sites excluding steroid dienone is 2. The van der Waals surface area contributed by atoms with E-state index in [4.69, 9.17) is 9.47 Å². The fraction of sp³-hybridized carbons (Fsp3) is 0.963. The first-order chi connectivity index (χ1) is 44.7. The number of amides is 1. The number of ether oxygens (including phenoxy) is 2. The van der Waals surface area contributed by atoms with Crippen molar-refractivity contribution in [3.63, 3.8) is 0 Å². The molecule has 9 atom stereocenters. The van der Waals surface area contributed by atoms with Crippen LogP contribution in [0.4, 0.5) is 0 Å². The second-order valence-corrected chi connectivity index (χ2v) is 28.9. The molecule has 1 heterocycles. The summed E-state index contributed by atoms with van der Waals surface area (Å²) in [6, 6.07) is -1.17. The van der Waals surface area contributed by atoms with E-state index in [2.05, 4.69) is 31.3 Å². The Bertz CT molecular complexity index is 1490. The van der Waals surface area contributed by atoms with Crippen molar-refractivity contribution in [1.82, 2.24) is 5.32 Å². The summed E-state index contributed by atoms with van der Waals surface area (Å²) in [6.45, 7) is 3.54. The number of nitrogens with one attached hydrogen (secondary N) is 1. The highest BCUT2D eigenvalue weighted by Gasteiger charge is 2.44. The highest BCUT2D eigenvalue weighted by molar-refractivity contribution is 5.80. The maximum atomic E-state index is 13.3. The molecule has 8 N–H and O–H groups in total. The van der Waals surface area contributed by atoms with Gasteiger partial charge >= 0.3 is 0 Å². The van der Waals surface area contributed by atoms with Crippen molar-refractivity contribution in [3.05, 3.63) is 12.2 Å². The molecule has 11 nitrogen and oxygen atoms in total. The zero-order chi connectivity index (χ0) is 66.0. The first kappa shape index (κ1) is 87.9. The van der Waals surface area contributed by atoms with Crippen LogP contribution >= 0.6 is 0 Å². The number of hydrogen-bond donors (Lipinski definition) is 8. The molecule has 1 aliphatic rings. The van der Waals surface area contributed by atoms with Crippen LogP contribution in [0.5, 0.6) is 0 Å². The van der Waals surface area contributed by atoms with Crippen molar-refractivity contribution in [3.8, 4) is 0 Å². The van der Waals surface area contributed by atoms with Gasteiger partial charge in [-0.1, -0.05) is 398 Å². The van der Waals surface area contributed by atoms with E-state index in [0.717, 1.165) is 38.5 Å². The van der Waals surface area contributed by atoms with Gasteiger partial charge in [0.15, 0.2) is 6.29 Å². The van der Waals surface area contributed by atoms with Gasteiger partial charge in [-0.25, -0.2) is 0 Å². The molecule has 91 heavy (non-hydrogen) atoms. The minimum absolute atomic E-state index is 0.265. The van der Waals surface area contributed by atoms with Crippen LogP contribution < -0.4 is 5.32 Å². The summed E-state index contributed by atoms with van der Waals surface area (Å²) in [5.41, 5.74) is 0. The molecule has 1 saturated heterocycles. The lowest BCUT2D eigenvalue weighted by Crippen LogP contribution is -2.60. The Morgan fingerprint density at radius 2 is 0.637 bits per heavy atom. The summed E-state index contributed by atoms with van der Waals surface area (Å²) >= 11 is 0. The molecule has 1 rings (SSSR count). The molecular formula is C80H157NO10. The highest BCUT2D eigenvalue weighted by Crippen LogP contribution is 2.25. The average Bonchev–Trinajstić information content (AvgIpc) is 1.05. The Kier molecular flexibility index (Phi) is 66.4. The van der Waals surface area contributed by atoms with Crippen LogP contribution in [0.25, 0.3) is 0 Å². The zero-order valence-corrected chi connectivity index (χ0v) is 60.4. The summed E-state index contributed by atoms with van der Waals surface area (Å²) in [5, 5.41) is 76.8. The molecule has 1 aliphatic heterocycles. The third-order valence-corrected chi connectivity index (χ3v) is 20.1. The molecule has 0 aromatic rings. The van der Waals surface area contributed by atoms with Gasteiger partial charge in [-0.15, -0.1) is 0 Å². The Morgan fingerprint density at radius 1 is 0.374 bits per heavy atom. The third-order valence-electron chi connectivity index (χ3n) is 20.1. The van der Waals surface area contributed by atoms with E-state index < -0.39 is 74.2 Å². The standard InChI is InChI=1S/C80H157NO10/c1-3-5-7-9-11-13-15-17-19-21-23-25-27-29-31-33-35-36-37-38-40-42-44-46-48-50-52-54-56-58-60-62-64-66-68-73(84)79(89)81-71(70-90-80-78(88)77(87)76(86)74(69-82)91-80)75(85)72(83)67-65-63-61-59-57-55-53-51-49-47-45-43-41-39-34-32-30-28-26-24-22-20-18-16-14-12-10-8-6-4-2/h33,35,71-78,80,82-88H,3-32,34,36-70H2,1-2H3,(H,81,89)/b35-33-. The van der Waals surface area contributed by atoms with E-state index in [1.165, 1.54) is 347 Å². The molecule has 1 fully saturated rings. The quantitative estimate of drug-likeness (QED) is 0.0215. The SMILES string of the molecule is CCCCCCCCCCCCCCCC/C=C\CCCCCCCCCCCCCCCCCCC(O)C(=O)NC(COC1OC(CO)C(O)C(O)C1O)C(O)C(O)CCCCCCCCCCCCCCCCCCCCCCCCCCCCCCCC. The van der Waals surface area contributed by atoms with Crippen LogP contribution in [0, 0.1) is 0 Å². The number of aliphatic hydroxyl groups excluding tert-OH is 7. The van der Waals surface area contributed by atoms with Gasteiger partial charge < -0.3 is 50.5 Å². The molecule has 0 spiro atoms. The van der Waals surface area contributed by atoms with Crippen molar-refractivity contribution in [1.29, 1.82) is 0 Å². The molecule has 11 heteroatoms. The lowest BCUT2D eigenvalue weighted by atomic mass is 9.98. The van der Waals surface area contributed by atoms with Crippen molar-refractivity contribution < 1.29 is 50.0 Å². The average molecular weight is 1290 g/mol. The number of aliphatic hydroxyl groups is 7. The minimum Gasteiger partial charge on any atom is -0.394 e. The Labute approximate surface area is 563 Å². The number of carbonyl (C=O) groups is 1. The van der Waals surface area contributed by atoms with Gasteiger partial charge in [0.25, 0.3) is 0 Å². The maximum absolute atomic E-state index is 13.3. The first-order valence-corrected chi connectivity index (χ1v) is 40.6. The first-order valence-electron chi connectivity index (χ1n) is 40.6. The van der Waals surface area contributed by atoms with Gasteiger partial charge in [-0.3, -0.25) is 4.79 Å².